The Bertz CT molecular complexity index is 809. The van der Waals surface area contributed by atoms with E-state index in [9.17, 15) is 22.8 Å². The summed E-state index contributed by atoms with van der Waals surface area (Å²) in [6.45, 7) is 2.04. The molecule has 0 spiro atoms. The fraction of sp³-hybridized carbons (Fsp3) is 0.833. The molecule has 2 aliphatic carbocycles. The number of rotatable bonds is 5. The Morgan fingerprint density at radius 3 is 2.50 bits per heavy atom. The van der Waals surface area contributed by atoms with Crippen molar-refractivity contribution in [3.63, 3.8) is 0 Å². The minimum Gasteiger partial charge on any atom is -0.352 e. The highest BCUT2D eigenvalue weighted by molar-refractivity contribution is 7.90. The van der Waals surface area contributed by atoms with E-state index in [1.165, 1.54) is 4.90 Å². The van der Waals surface area contributed by atoms with E-state index < -0.39 is 21.2 Å². The average Bonchev–Trinajstić information content (AvgIpc) is 3.20. The van der Waals surface area contributed by atoms with Gasteiger partial charge >= 0.3 is 6.03 Å². The second-order valence-electron chi connectivity index (χ2n) is 8.96. The van der Waals surface area contributed by atoms with Crippen molar-refractivity contribution in [2.45, 2.75) is 74.7 Å². The van der Waals surface area contributed by atoms with Gasteiger partial charge in [-0.3, -0.25) is 14.5 Å². The first kappa shape index (κ1) is 19.6. The monoisotopic (exact) mass is 412 g/mol. The zero-order chi connectivity index (χ0) is 20.3. The first-order valence-electron chi connectivity index (χ1n) is 10.00. The smallest absolute Gasteiger partial charge is 0.326 e. The Balaban J connectivity index is 1.49. The minimum atomic E-state index is -3.51. The first-order valence-corrected chi connectivity index (χ1v) is 11.5. The molecule has 2 heterocycles. The molecule has 2 saturated carbocycles. The number of nitrogens with zero attached hydrogens (tertiary/aromatic N) is 2. The number of imide groups is 1. The molecule has 28 heavy (non-hydrogen) atoms. The van der Waals surface area contributed by atoms with Gasteiger partial charge in [0.25, 0.3) is 0 Å². The summed E-state index contributed by atoms with van der Waals surface area (Å²) in [6.07, 6.45) is 3.82. The molecule has 10 heteroatoms. The summed E-state index contributed by atoms with van der Waals surface area (Å²) in [5.74, 6) is -0.912. The van der Waals surface area contributed by atoms with Crippen LogP contribution in [0.3, 0.4) is 0 Å². The Morgan fingerprint density at radius 2 is 1.89 bits per heavy atom. The normalized spacial score (nSPS) is 35.0. The molecule has 0 aromatic rings. The summed E-state index contributed by atoms with van der Waals surface area (Å²) in [4.78, 5) is 40.0. The van der Waals surface area contributed by atoms with Gasteiger partial charge in [0.1, 0.15) is 0 Å². The predicted octanol–water partition coefficient (Wildman–Crippen LogP) is 0.168. The van der Waals surface area contributed by atoms with Crippen LogP contribution < -0.4 is 10.0 Å². The van der Waals surface area contributed by atoms with Gasteiger partial charge in [0.15, 0.2) is 0 Å². The van der Waals surface area contributed by atoms with Gasteiger partial charge in [0.2, 0.25) is 21.8 Å². The summed E-state index contributed by atoms with van der Waals surface area (Å²) in [7, 11) is -1.84. The Labute approximate surface area is 165 Å². The highest BCUT2D eigenvalue weighted by Crippen LogP contribution is 2.39. The maximum Gasteiger partial charge on any atom is 0.326 e. The van der Waals surface area contributed by atoms with Gasteiger partial charge < -0.3 is 10.2 Å². The zero-order valence-electron chi connectivity index (χ0n) is 16.3. The van der Waals surface area contributed by atoms with Crippen LogP contribution in [-0.2, 0) is 19.6 Å². The molecule has 3 unspecified atom stereocenters. The molecule has 4 amide bonds. The second kappa shape index (κ2) is 6.69. The molecule has 156 valence electrons. The van der Waals surface area contributed by atoms with E-state index in [2.05, 4.69) is 10.0 Å². The molecule has 9 nitrogen and oxygen atoms in total. The standard InChI is InChI=1S/C18H28N4O5S/c1-18(7-8-18)20-28(26,27)12-4-5-14-13(9-12)16(24)22(17(25)21(14)2)10-11-3-6-15(23)19-11/h11-14,20H,3-10H2,1-2H3,(H,19,23)/t11-,12?,13?,14?/m0/s1. The van der Waals surface area contributed by atoms with Crippen molar-refractivity contribution in [1.82, 2.24) is 19.8 Å². The van der Waals surface area contributed by atoms with Gasteiger partial charge in [-0.1, -0.05) is 0 Å². The van der Waals surface area contributed by atoms with Crippen molar-refractivity contribution in [3.05, 3.63) is 0 Å². The Kier molecular flexibility index (Phi) is 4.69. The highest BCUT2D eigenvalue weighted by Gasteiger charge is 2.51. The Hall–Kier alpha value is -1.68. The van der Waals surface area contributed by atoms with E-state index in [0.29, 0.717) is 25.7 Å². The molecule has 0 radical (unpaired) electrons. The van der Waals surface area contributed by atoms with E-state index in [1.807, 2.05) is 6.92 Å². The van der Waals surface area contributed by atoms with E-state index >= 15 is 0 Å². The van der Waals surface area contributed by atoms with Crippen LogP contribution in [0.5, 0.6) is 0 Å². The zero-order valence-corrected chi connectivity index (χ0v) is 17.1. The number of fused-ring (bicyclic) bond motifs is 1. The summed E-state index contributed by atoms with van der Waals surface area (Å²) in [5, 5.41) is 2.16. The second-order valence-corrected chi connectivity index (χ2v) is 10.9. The van der Waals surface area contributed by atoms with Crippen LogP contribution in [0.4, 0.5) is 4.79 Å². The molecule has 4 aliphatic rings. The van der Waals surface area contributed by atoms with Crippen LogP contribution in [0.25, 0.3) is 0 Å². The van der Waals surface area contributed by atoms with E-state index in [-0.39, 0.29) is 48.4 Å². The summed E-state index contributed by atoms with van der Waals surface area (Å²) < 4.78 is 28.4. The largest absolute Gasteiger partial charge is 0.352 e. The molecule has 2 N–H and O–H groups in total. The minimum absolute atomic E-state index is 0.0726. The van der Waals surface area contributed by atoms with Gasteiger partial charge in [0, 0.05) is 31.1 Å². The lowest BCUT2D eigenvalue weighted by Gasteiger charge is -2.47. The third-order valence-corrected chi connectivity index (χ3v) is 8.78. The van der Waals surface area contributed by atoms with Gasteiger partial charge in [-0.05, 0) is 45.4 Å². The maximum atomic E-state index is 13.1. The molecule has 2 saturated heterocycles. The van der Waals surface area contributed by atoms with E-state index in [1.54, 1.807) is 11.9 Å². The van der Waals surface area contributed by atoms with Gasteiger partial charge in [-0.2, -0.15) is 0 Å². The molecular weight excluding hydrogens is 384 g/mol. The predicted molar refractivity (Wildman–Crippen MR) is 101 cm³/mol. The maximum absolute atomic E-state index is 13.1. The summed E-state index contributed by atoms with van der Waals surface area (Å²) >= 11 is 0. The van der Waals surface area contributed by atoms with Crippen LogP contribution in [0.1, 0.15) is 51.9 Å². The molecule has 0 aromatic heterocycles. The van der Waals surface area contributed by atoms with Crippen molar-refractivity contribution in [3.8, 4) is 0 Å². The SMILES string of the molecule is CN1C(=O)N(C[C@@H]2CCC(=O)N2)C(=O)C2CC(S(=O)(=O)NC3(C)CC3)CCC21. The number of urea groups is 1. The number of carbonyl (C=O) groups is 3. The fourth-order valence-corrected chi connectivity index (χ4v) is 6.64. The van der Waals surface area contributed by atoms with Gasteiger partial charge in [0.05, 0.1) is 17.7 Å². The van der Waals surface area contributed by atoms with Crippen LogP contribution in [0.2, 0.25) is 0 Å². The lowest BCUT2D eigenvalue weighted by Crippen LogP contribution is -2.64. The molecule has 4 rings (SSSR count). The van der Waals surface area contributed by atoms with Crippen molar-refractivity contribution in [2.24, 2.45) is 5.92 Å². The van der Waals surface area contributed by atoms with Crippen LogP contribution in [0.15, 0.2) is 0 Å². The number of amides is 4. The van der Waals surface area contributed by atoms with Crippen LogP contribution in [0, 0.1) is 5.92 Å². The molecular formula is C18H28N4O5S. The van der Waals surface area contributed by atoms with Crippen LogP contribution >= 0.6 is 0 Å². The van der Waals surface area contributed by atoms with E-state index in [4.69, 9.17) is 0 Å². The first-order chi connectivity index (χ1) is 13.1. The van der Waals surface area contributed by atoms with Gasteiger partial charge in [-0.25, -0.2) is 17.9 Å². The van der Waals surface area contributed by atoms with Crippen molar-refractivity contribution < 1.29 is 22.8 Å². The number of sulfonamides is 1. The highest BCUT2D eigenvalue weighted by atomic mass is 32.2. The molecule has 4 atom stereocenters. The lowest BCUT2D eigenvalue weighted by molar-refractivity contribution is -0.140. The number of carbonyl (C=O) groups excluding carboxylic acids is 3. The van der Waals surface area contributed by atoms with Crippen molar-refractivity contribution in [1.29, 1.82) is 0 Å². The number of hydrogen-bond donors (Lipinski definition) is 2. The number of nitrogens with one attached hydrogen (secondary N) is 2. The fourth-order valence-electron chi connectivity index (χ4n) is 4.67. The quantitative estimate of drug-likeness (QED) is 0.668. The van der Waals surface area contributed by atoms with E-state index in [0.717, 1.165) is 12.8 Å². The average molecular weight is 413 g/mol. The molecule has 4 fully saturated rings. The Morgan fingerprint density at radius 1 is 1.18 bits per heavy atom. The lowest BCUT2D eigenvalue weighted by atomic mass is 9.81. The topological polar surface area (TPSA) is 116 Å². The molecule has 0 aromatic carbocycles. The summed E-state index contributed by atoms with van der Waals surface area (Å²) in [6, 6.07) is -0.861. The third kappa shape index (κ3) is 3.52. The van der Waals surface area contributed by atoms with Crippen molar-refractivity contribution in [2.75, 3.05) is 13.6 Å². The molecule has 0 bridgehead atoms. The van der Waals surface area contributed by atoms with Crippen molar-refractivity contribution >= 4 is 27.9 Å². The third-order valence-electron chi connectivity index (χ3n) is 6.69. The molecule has 2 aliphatic heterocycles. The summed E-state index contributed by atoms with van der Waals surface area (Å²) in [5.41, 5.74) is -0.342. The van der Waals surface area contributed by atoms with Crippen LogP contribution in [-0.4, -0.2) is 72.5 Å². The number of hydrogen-bond acceptors (Lipinski definition) is 5. The van der Waals surface area contributed by atoms with Gasteiger partial charge in [-0.15, -0.1) is 0 Å².